The number of amides is 1. The van der Waals surface area contributed by atoms with Gasteiger partial charge in [-0.15, -0.1) is 0 Å². The third-order valence-electron chi connectivity index (χ3n) is 2.79. The Labute approximate surface area is 116 Å². The van der Waals surface area contributed by atoms with E-state index in [-0.39, 0.29) is 18.4 Å². The van der Waals surface area contributed by atoms with Crippen LogP contribution in [0.15, 0.2) is 18.2 Å². The summed E-state index contributed by atoms with van der Waals surface area (Å²) in [6.07, 6.45) is 0.189. The highest BCUT2D eigenvalue weighted by atomic mass is 35.5. The average molecular weight is 280 g/mol. The first-order valence-electron chi connectivity index (χ1n) is 6.01. The van der Waals surface area contributed by atoms with E-state index >= 15 is 0 Å². The van der Waals surface area contributed by atoms with E-state index in [4.69, 9.17) is 21.6 Å². The van der Waals surface area contributed by atoms with Gasteiger partial charge in [0, 0.05) is 18.8 Å². The fourth-order valence-electron chi connectivity index (χ4n) is 1.86. The number of carbonyl (C=O) groups excluding carboxylic acids is 1. The lowest BCUT2D eigenvalue weighted by Gasteiger charge is -2.23. The molecule has 0 bridgehead atoms. The molecule has 0 aliphatic carbocycles. The molecule has 1 heterocycles. The highest BCUT2D eigenvalue weighted by Crippen LogP contribution is 2.20. The number of nitriles is 1. The number of nitrogens with one attached hydrogen (secondary N) is 2. The Bertz CT molecular complexity index is 507. The summed E-state index contributed by atoms with van der Waals surface area (Å²) >= 11 is 5.83. The van der Waals surface area contributed by atoms with Gasteiger partial charge in [-0.25, -0.2) is 0 Å². The summed E-state index contributed by atoms with van der Waals surface area (Å²) in [4.78, 5) is 11.8. The van der Waals surface area contributed by atoms with E-state index in [2.05, 4.69) is 10.6 Å². The van der Waals surface area contributed by atoms with E-state index in [9.17, 15) is 4.79 Å². The number of hydrogen-bond donors (Lipinski definition) is 2. The minimum absolute atomic E-state index is 0.100. The Morgan fingerprint density at radius 1 is 1.63 bits per heavy atom. The molecule has 1 aromatic carbocycles. The summed E-state index contributed by atoms with van der Waals surface area (Å²) in [6, 6.07) is 6.79. The van der Waals surface area contributed by atoms with Crippen molar-refractivity contribution in [1.82, 2.24) is 5.32 Å². The first-order chi connectivity index (χ1) is 9.19. The van der Waals surface area contributed by atoms with Gasteiger partial charge in [0.2, 0.25) is 5.91 Å². The maximum absolute atomic E-state index is 11.8. The smallest absolute Gasteiger partial charge is 0.227 e. The molecule has 1 unspecified atom stereocenters. The van der Waals surface area contributed by atoms with Crippen LogP contribution in [0.1, 0.15) is 12.0 Å². The normalized spacial score (nSPS) is 18.6. The molecule has 1 aromatic rings. The van der Waals surface area contributed by atoms with Crippen molar-refractivity contribution in [3.63, 3.8) is 0 Å². The lowest BCUT2D eigenvalue weighted by Crippen LogP contribution is -2.40. The highest BCUT2D eigenvalue weighted by molar-refractivity contribution is 6.31. The summed E-state index contributed by atoms with van der Waals surface area (Å²) in [5.41, 5.74) is 0.907. The summed E-state index contributed by atoms with van der Waals surface area (Å²) in [5, 5.41) is 15.1. The lowest BCUT2D eigenvalue weighted by molar-refractivity contribution is -0.119. The molecule has 5 nitrogen and oxygen atoms in total. The Balaban J connectivity index is 1.93. The number of morpholine rings is 1. The largest absolute Gasteiger partial charge is 0.375 e. The molecule has 1 fully saturated rings. The van der Waals surface area contributed by atoms with Crippen LogP contribution in [0.25, 0.3) is 0 Å². The number of ether oxygens (including phenoxy) is 1. The zero-order valence-corrected chi connectivity index (χ0v) is 11.0. The number of anilines is 1. The number of nitrogens with zero attached hydrogens (tertiary/aromatic N) is 1. The third-order valence-corrected chi connectivity index (χ3v) is 3.12. The van der Waals surface area contributed by atoms with E-state index in [1.807, 2.05) is 6.07 Å². The van der Waals surface area contributed by atoms with Gasteiger partial charge < -0.3 is 15.4 Å². The second kappa shape index (κ2) is 6.53. The first-order valence-corrected chi connectivity index (χ1v) is 6.38. The van der Waals surface area contributed by atoms with Crippen molar-refractivity contribution in [3.8, 4) is 6.07 Å². The van der Waals surface area contributed by atoms with Crippen LogP contribution in [0.5, 0.6) is 0 Å². The van der Waals surface area contributed by atoms with Crippen LogP contribution in [0.3, 0.4) is 0 Å². The van der Waals surface area contributed by atoms with Crippen molar-refractivity contribution >= 4 is 23.2 Å². The van der Waals surface area contributed by atoms with Crippen LogP contribution in [-0.2, 0) is 9.53 Å². The van der Waals surface area contributed by atoms with Crippen molar-refractivity contribution in [3.05, 3.63) is 28.8 Å². The molecule has 2 N–H and O–H groups in total. The van der Waals surface area contributed by atoms with Gasteiger partial charge in [0.05, 0.1) is 29.7 Å². The quantitative estimate of drug-likeness (QED) is 0.880. The fourth-order valence-corrected chi connectivity index (χ4v) is 2.02. The minimum Gasteiger partial charge on any atom is -0.375 e. The molecule has 0 spiro atoms. The average Bonchev–Trinajstić information content (AvgIpc) is 2.42. The van der Waals surface area contributed by atoms with Crippen LogP contribution in [-0.4, -0.2) is 31.7 Å². The third kappa shape index (κ3) is 3.93. The molecule has 100 valence electrons. The number of hydrogen-bond acceptors (Lipinski definition) is 4. The van der Waals surface area contributed by atoms with E-state index in [0.717, 1.165) is 6.54 Å². The molecular weight excluding hydrogens is 266 g/mol. The molecule has 1 aliphatic heterocycles. The molecule has 0 radical (unpaired) electrons. The summed E-state index contributed by atoms with van der Waals surface area (Å²) < 4.78 is 5.45. The van der Waals surface area contributed by atoms with Crippen molar-refractivity contribution in [2.45, 2.75) is 12.5 Å². The van der Waals surface area contributed by atoms with Gasteiger partial charge in [0.1, 0.15) is 6.07 Å². The Kier molecular flexibility index (Phi) is 4.74. The maximum atomic E-state index is 11.8. The molecule has 2 rings (SSSR count). The maximum Gasteiger partial charge on any atom is 0.227 e. The van der Waals surface area contributed by atoms with E-state index in [1.165, 1.54) is 0 Å². The summed E-state index contributed by atoms with van der Waals surface area (Å²) in [7, 11) is 0. The molecule has 0 saturated carbocycles. The molecule has 1 saturated heterocycles. The van der Waals surface area contributed by atoms with Crippen LogP contribution < -0.4 is 10.6 Å². The van der Waals surface area contributed by atoms with Gasteiger partial charge in [-0.2, -0.15) is 5.26 Å². The number of carbonyl (C=O) groups is 1. The minimum atomic E-state index is -0.139. The SMILES string of the molecule is N#Cc1cc(NC(=O)CC2CNCCO2)ccc1Cl. The first kappa shape index (κ1) is 13.8. The standard InChI is InChI=1S/C13H14ClN3O2/c14-12-2-1-10(5-9(12)7-15)17-13(18)6-11-8-16-3-4-19-11/h1-2,5,11,16H,3-4,6,8H2,(H,17,18). The molecule has 1 atom stereocenters. The van der Waals surface area contributed by atoms with Gasteiger partial charge in [-0.1, -0.05) is 11.6 Å². The van der Waals surface area contributed by atoms with E-state index in [0.29, 0.717) is 29.4 Å². The Morgan fingerprint density at radius 2 is 2.47 bits per heavy atom. The molecule has 19 heavy (non-hydrogen) atoms. The Hall–Kier alpha value is -1.61. The van der Waals surface area contributed by atoms with Crippen molar-refractivity contribution in [1.29, 1.82) is 5.26 Å². The van der Waals surface area contributed by atoms with Crippen LogP contribution in [0, 0.1) is 11.3 Å². The predicted octanol–water partition coefficient (Wildman–Crippen LogP) is 1.53. The lowest BCUT2D eigenvalue weighted by atomic mass is 10.2. The summed E-state index contributed by atoms with van der Waals surface area (Å²) in [5.74, 6) is -0.139. The highest BCUT2D eigenvalue weighted by Gasteiger charge is 2.17. The molecule has 1 amide bonds. The predicted molar refractivity (Wildman–Crippen MR) is 72.0 cm³/mol. The molecule has 0 aromatic heterocycles. The molecular formula is C13H14ClN3O2. The van der Waals surface area contributed by atoms with Crippen molar-refractivity contribution < 1.29 is 9.53 Å². The number of halogens is 1. The molecule has 6 heteroatoms. The monoisotopic (exact) mass is 279 g/mol. The van der Waals surface area contributed by atoms with E-state index < -0.39 is 0 Å². The topological polar surface area (TPSA) is 74.2 Å². The Morgan fingerprint density at radius 3 is 3.16 bits per heavy atom. The number of benzene rings is 1. The zero-order chi connectivity index (χ0) is 13.7. The van der Waals surface area contributed by atoms with Crippen molar-refractivity contribution in [2.75, 3.05) is 25.0 Å². The number of rotatable bonds is 3. The van der Waals surface area contributed by atoms with Gasteiger partial charge in [-0.05, 0) is 18.2 Å². The summed E-state index contributed by atoms with van der Waals surface area (Å²) in [6.45, 7) is 2.12. The second-order valence-corrected chi connectivity index (χ2v) is 4.66. The van der Waals surface area contributed by atoms with Gasteiger partial charge in [-0.3, -0.25) is 4.79 Å². The van der Waals surface area contributed by atoms with Crippen LogP contribution >= 0.6 is 11.6 Å². The van der Waals surface area contributed by atoms with Gasteiger partial charge in [0.25, 0.3) is 0 Å². The van der Waals surface area contributed by atoms with Gasteiger partial charge >= 0.3 is 0 Å². The second-order valence-electron chi connectivity index (χ2n) is 4.26. The fraction of sp³-hybridized carbons (Fsp3) is 0.385. The van der Waals surface area contributed by atoms with Crippen molar-refractivity contribution in [2.24, 2.45) is 0 Å². The van der Waals surface area contributed by atoms with Crippen LogP contribution in [0.2, 0.25) is 5.02 Å². The van der Waals surface area contributed by atoms with E-state index in [1.54, 1.807) is 18.2 Å². The zero-order valence-electron chi connectivity index (χ0n) is 10.3. The van der Waals surface area contributed by atoms with Crippen LogP contribution in [0.4, 0.5) is 5.69 Å². The molecule has 1 aliphatic rings. The van der Waals surface area contributed by atoms with Gasteiger partial charge in [0.15, 0.2) is 0 Å².